The first kappa shape index (κ1) is 45.5. The van der Waals surface area contributed by atoms with Gasteiger partial charge in [0.25, 0.3) is 0 Å². The summed E-state index contributed by atoms with van der Waals surface area (Å²) in [6, 6.07) is 37.6. The predicted octanol–water partition coefficient (Wildman–Crippen LogP) is 6.29. The van der Waals surface area contributed by atoms with Gasteiger partial charge >= 0.3 is 12.1 Å². The number of hydrogen-bond donors (Lipinski definition) is 2. The molecule has 13 heteroatoms. The van der Waals surface area contributed by atoms with Gasteiger partial charge in [-0.1, -0.05) is 127 Å². The van der Waals surface area contributed by atoms with E-state index < -0.39 is 59.4 Å². The smallest absolute Gasteiger partial charge is 0.421 e. The van der Waals surface area contributed by atoms with Crippen LogP contribution in [0, 0.1) is 17.8 Å². The highest BCUT2D eigenvalue weighted by Gasteiger charge is 2.76. The zero-order valence-electron chi connectivity index (χ0n) is 36.9. The molecule has 3 aliphatic rings. The Balaban J connectivity index is 1.41. The van der Waals surface area contributed by atoms with Crippen LogP contribution < -0.4 is 15.0 Å². The van der Waals surface area contributed by atoms with E-state index in [2.05, 4.69) is 28.6 Å². The van der Waals surface area contributed by atoms with E-state index >= 15 is 14.4 Å². The number of benzene rings is 5. The molecule has 0 aliphatic carbocycles. The van der Waals surface area contributed by atoms with Crippen molar-refractivity contribution in [2.45, 2.75) is 36.2 Å². The topological polar surface area (TPSA) is 147 Å². The zero-order chi connectivity index (χ0) is 46.2. The number of ether oxygens (including phenoxy) is 4. The number of aliphatic hydroxyl groups is 1. The average Bonchev–Trinajstić information content (AvgIpc) is 3.79. The van der Waals surface area contributed by atoms with Crippen molar-refractivity contribution < 1.29 is 43.2 Å². The minimum absolute atomic E-state index is 0.00857. The van der Waals surface area contributed by atoms with Gasteiger partial charge in [0.1, 0.15) is 36.5 Å². The van der Waals surface area contributed by atoms with Crippen LogP contribution >= 0.6 is 0 Å². The SMILES string of the molecule is C=CCNC(=O)C1C2C(=O)OC(c3ccccc3)C(c3ccccc3)N2C(c2ccccc2OCCO)C12C(=O)N(C(=O)OCCOC)c1ccc(C#CCN(C)Cc3ccccc3)cc12. The summed E-state index contributed by atoms with van der Waals surface area (Å²) in [7, 11) is 3.44. The van der Waals surface area contributed by atoms with Gasteiger partial charge in [-0.25, -0.2) is 9.69 Å². The van der Waals surface area contributed by atoms with E-state index in [1.165, 1.54) is 13.2 Å². The number of fused-ring (bicyclic) bond motifs is 3. The maximum atomic E-state index is 16.3. The van der Waals surface area contributed by atoms with E-state index in [4.69, 9.17) is 18.9 Å². The Hall–Kier alpha value is -7.08. The van der Waals surface area contributed by atoms with E-state index in [1.54, 1.807) is 42.5 Å². The highest BCUT2D eigenvalue weighted by atomic mass is 16.6. The molecule has 3 heterocycles. The lowest BCUT2D eigenvalue weighted by molar-refractivity contribution is -0.178. The molecular weight excluding hydrogens is 837 g/mol. The molecule has 0 aromatic heterocycles. The number of carbonyl (C=O) groups is 4. The molecule has 0 bridgehead atoms. The summed E-state index contributed by atoms with van der Waals surface area (Å²) in [6.45, 7) is 4.38. The lowest BCUT2D eigenvalue weighted by atomic mass is 9.65. The molecule has 5 aromatic rings. The van der Waals surface area contributed by atoms with Crippen LogP contribution in [-0.2, 0) is 40.6 Å². The molecule has 0 radical (unpaired) electrons. The Bertz CT molecular complexity index is 2620. The van der Waals surface area contributed by atoms with Crippen LogP contribution in [0.25, 0.3) is 0 Å². The third kappa shape index (κ3) is 8.59. The Morgan fingerprint density at radius 2 is 1.56 bits per heavy atom. The molecule has 8 rings (SSSR count). The number of hydrogen-bond acceptors (Lipinski definition) is 11. The van der Waals surface area contributed by atoms with Crippen molar-refractivity contribution in [3.63, 3.8) is 0 Å². The molecule has 5 aromatic carbocycles. The second-order valence-electron chi connectivity index (χ2n) is 16.3. The molecule has 0 saturated carbocycles. The maximum absolute atomic E-state index is 16.3. The molecule has 13 nitrogen and oxygen atoms in total. The van der Waals surface area contributed by atoms with E-state index in [1.807, 2.05) is 103 Å². The highest BCUT2D eigenvalue weighted by Crippen LogP contribution is 2.66. The molecule has 338 valence electrons. The summed E-state index contributed by atoms with van der Waals surface area (Å²) < 4.78 is 23.7. The molecule has 2 fully saturated rings. The number of rotatable bonds is 15. The number of esters is 1. The number of aliphatic hydroxyl groups excluding tert-OH is 1. The largest absolute Gasteiger partial charge is 0.491 e. The summed E-state index contributed by atoms with van der Waals surface area (Å²) in [5, 5.41) is 13.0. The second kappa shape index (κ2) is 20.4. The molecule has 3 amide bonds. The summed E-state index contributed by atoms with van der Waals surface area (Å²) in [5.41, 5.74) is 1.90. The Labute approximate surface area is 384 Å². The van der Waals surface area contributed by atoms with Crippen LogP contribution in [0.4, 0.5) is 10.5 Å². The van der Waals surface area contributed by atoms with Gasteiger partial charge in [-0.2, -0.15) is 0 Å². The number of nitrogens with one attached hydrogen (secondary N) is 1. The third-order valence-electron chi connectivity index (χ3n) is 12.3. The molecule has 1 spiro atoms. The Morgan fingerprint density at radius 1 is 0.879 bits per heavy atom. The van der Waals surface area contributed by atoms with Gasteiger partial charge in [0.2, 0.25) is 11.8 Å². The molecule has 6 atom stereocenters. The van der Waals surface area contributed by atoms with Crippen LogP contribution in [0.1, 0.15) is 51.6 Å². The number of anilines is 1. The van der Waals surface area contributed by atoms with E-state index in [0.717, 1.165) is 16.0 Å². The third-order valence-corrected chi connectivity index (χ3v) is 12.3. The Kier molecular flexibility index (Phi) is 14.1. The minimum Gasteiger partial charge on any atom is -0.491 e. The summed E-state index contributed by atoms with van der Waals surface area (Å²) in [4.78, 5) is 66.2. The van der Waals surface area contributed by atoms with E-state index in [0.29, 0.717) is 35.5 Å². The van der Waals surface area contributed by atoms with Crippen molar-refractivity contribution in [3.8, 4) is 17.6 Å². The fraction of sp³-hybridized carbons (Fsp3) is 0.283. The molecule has 2 N–H and O–H groups in total. The van der Waals surface area contributed by atoms with Gasteiger partial charge in [0.05, 0.1) is 43.4 Å². The second-order valence-corrected chi connectivity index (χ2v) is 16.3. The fourth-order valence-electron chi connectivity index (χ4n) is 9.72. The lowest BCUT2D eigenvalue weighted by Gasteiger charge is -2.46. The first-order valence-electron chi connectivity index (χ1n) is 21.9. The number of morpholine rings is 1. The number of nitrogens with zero attached hydrogens (tertiary/aromatic N) is 3. The van der Waals surface area contributed by atoms with Crippen molar-refractivity contribution in [1.82, 2.24) is 15.1 Å². The van der Waals surface area contributed by atoms with E-state index in [9.17, 15) is 9.90 Å². The first-order chi connectivity index (χ1) is 32.2. The number of para-hydroxylation sites is 1. The highest BCUT2D eigenvalue weighted by molar-refractivity contribution is 6.23. The Morgan fingerprint density at radius 3 is 2.26 bits per heavy atom. The van der Waals surface area contributed by atoms with Crippen LogP contribution in [0.15, 0.2) is 146 Å². The maximum Gasteiger partial charge on any atom is 0.421 e. The van der Waals surface area contributed by atoms with Crippen molar-refractivity contribution in [2.75, 3.05) is 58.6 Å². The average molecular weight is 889 g/mol. The van der Waals surface area contributed by atoms with Crippen LogP contribution in [0.5, 0.6) is 5.75 Å². The fourth-order valence-corrected chi connectivity index (χ4v) is 9.72. The van der Waals surface area contributed by atoms with Crippen molar-refractivity contribution in [3.05, 3.63) is 179 Å². The van der Waals surface area contributed by atoms with Gasteiger partial charge in [-0.15, -0.1) is 6.58 Å². The predicted molar refractivity (Wildman–Crippen MR) is 247 cm³/mol. The van der Waals surface area contributed by atoms with Gasteiger partial charge in [0.15, 0.2) is 0 Å². The number of cyclic esters (lactones) is 1. The minimum atomic E-state index is -2.05. The van der Waals surface area contributed by atoms with Gasteiger partial charge in [-0.05, 0) is 53.6 Å². The van der Waals surface area contributed by atoms with Gasteiger partial charge in [0, 0.05) is 31.3 Å². The zero-order valence-corrected chi connectivity index (χ0v) is 36.9. The standard InChI is InChI=1S/C53H52N4O9/c1-4-28-54-49(59)44-46-50(60)66-47(39-22-12-7-13-23-39)45(38-20-10-6-11-21-38)57(46)48(40-24-14-15-25-43(40)64-31-30-58)53(44)41-34-36(19-16-29-55(2)35-37-17-8-5-9-18-37)26-27-42(41)56(51(53)61)52(62)65-33-32-63-3/h4-15,17-18,20-27,34,44-48,58H,1,28-33,35H2,2-3H3,(H,54,59). The molecule has 6 unspecified atom stereocenters. The van der Waals surface area contributed by atoms with Gasteiger partial charge in [-0.3, -0.25) is 24.2 Å². The normalized spacial score (nSPS) is 21.9. The molecular formula is C53H52N4O9. The number of carbonyl (C=O) groups excluding carboxylic acids is 4. The monoisotopic (exact) mass is 888 g/mol. The van der Waals surface area contributed by atoms with Crippen LogP contribution in [0.2, 0.25) is 0 Å². The molecule has 66 heavy (non-hydrogen) atoms. The number of methoxy groups -OCH3 is 1. The van der Waals surface area contributed by atoms with Crippen LogP contribution in [0.3, 0.4) is 0 Å². The van der Waals surface area contributed by atoms with Crippen molar-refractivity contribution in [1.29, 1.82) is 0 Å². The first-order valence-corrected chi connectivity index (χ1v) is 21.9. The molecule has 3 aliphatic heterocycles. The van der Waals surface area contributed by atoms with Crippen LogP contribution in [-0.4, -0.2) is 98.5 Å². The number of amides is 3. The van der Waals surface area contributed by atoms with E-state index in [-0.39, 0.29) is 44.2 Å². The quantitative estimate of drug-likeness (QED) is 0.0529. The van der Waals surface area contributed by atoms with Crippen molar-refractivity contribution in [2.24, 2.45) is 5.92 Å². The number of imide groups is 1. The summed E-state index contributed by atoms with van der Waals surface area (Å²) in [6.07, 6.45) is -0.399. The molecule has 2 saturated heterocycles. The summed E-state index contributed by atoms with van der Waals surface area (Å²) >= 11 is 0. The summed E-state index contributed by atoms with van der Waals surface area (Å²) in [5.74, 6) is 3.16. The lowest BCUT2D eigenvalue weighted by Crippen LogP contribution is -2.55. The van der Waals surface area contributed by atoms with Crippen molar-refractivity contribution >= 4 is 29.6 Å². The van der Waals surface area contributed by atoms with Gasteiger partial charge < -0.3 is 29.4 Å².